The van der Waals surface area contributed by atoms with Crippen LogP contribution in [-0.4, -0.2) is 12.5 Å². The molecule has 2 nitrogen and oxygen atoms in total. The van der Waals surface area contributed by atoms with E-state index in [0.29, 0.717) is 5.92 Å². The minimum atomic E-state index is 0.135. The lowest BCUT2D eigenvalue weighted by Crippen LogP contribution is -2.35. The molecule has 1 fully saturated rings. The highest BCUT2D eigenvalue weighted by molar-refractivity contribution is 7.10. The highest BCUT2D eigenvalue weighted by Gasteiger charge is 2.38. The molecule has 2 aliphatic rings. The third-order valence-corrected chi connectivity index (χ3v) is 4.47. The van der Waals surface area contributed by atoms with Gasteiger partial charge in [-0.2, -0.15) is 0 Å². The van der Waals surface area contributed by atoms with Gasteiger partial charge >= 0.3 is 0 Å². The van der Waals surface area contributed by atoms with Gasteiger partial charge in [-0.25, -0.2) is 0 Å². The first kappa shape index (κ1) is 8.48. The summed E-state index contributed by atoms with van der Waals surface area (Å²) in [6.45, 7) is 2.89. The largest absolute Gasteiger partial charge is 0.351 e. The molecule has 3 heteroatoms. The number of hydrogen-bond acceptors (Lipinski definition) is 2. The molecule has 1 aliphatic carbocycles. The number of hydrogen-bond donors (Lipinski definition) is 1. The molecule has 14 heavy (non-hydrogen) atoms. The molecule has 0 radical (unpaired) electrons. The standard InChI is InChI=1S/C11H13NOS/c1-6-5-14-10-8(7-2-3-7)4-12-11(13)9(6)10/h5,7-8H,2-4H2,1H3,(H,12,13). The van der Waals surface area contributed by atoms with Crippen molar-refractivity contribution in [2.75, 3.05) is 6.54 Å². The first-order valence-electron chi connectivity index (χ1n) is 5.13. The second-order valence-corrected chi connectivity index (χ2v) is 5.22. The van der Waals surface area contributed by atoms with Crippen LogP contribution in [0.25, 0.3) is 0 Å². The van der Waals surface area contributed by atoms with Crippen LogP contribution >= 0.6 is 11.3 Å². The number of aryl methyl sites for hydroxylation is 1. The summed E-state index contributed by atoms with van der Waals surface area (Å²) in [5.74, 6) is 1.59. The predicted octanol–water partition coefficient (Wildman–Crippen LogP) is 2.29. The van der Waals surface area contributed by atoms with Gasteiger partial charge in [0.1, 0.15) is 0 Å². The van der Waals surface area contributed by atoms with Crippen molar-refractivity contribution in [3.63, 3.8) is 0 Å². The molecule has 74 valence electrons. The first-order valence-corrected chi connectivity index (χ1v) is 6.01. The van der Waals surface area contributed by atoms with Crippen molar-refractivity contribution < 1.29 is 4.79 Å². The third-order valence-electron chi connectivity index (χ3n) is 3.24. The number of amides is 1. The highest BCUT2D eigenvalue weighted by Crippen LogP contribution is 2.46. The van der Waals surface area contributed by atoms with Crippen LogP contribution in [0.5, 0.6) is 0 Å². The van der Waals surface area contributed by atoms with Gasteiger partial charge in [-0.15, -0.1) is 11.3 Å². The van der Waals surface area contributed by atoms with Crippen molar-refractivity contribution in [2.24, 2.45) is 5.92 Å². The van der Waals surface area contributed by atoms with Crippen molar-refractivity contribution in [3.05, 3.63) is 21.4 Å². The average Bonchev–Trinajstić information content (AvgIpc) is 2.92. The summed E-state index contributed by atoms with van der Waals surface area (Å²) in [4.78, 5) is 13.0. The molecule has 1 aromatic rings. The Morgan fingerprint density at radius 3 is 3.00 bits per heavy atom. The van der Waals surface area contributed by atoms with E-state index in [1.165, 1.54) is 17.7 Å². The van der Waals surface area contributed by atoms with E-state index in [1.807, 2.05) is 6.92 Å². The van der Waals surface area contributed by atoms with Crippen molar-refractivity contribution in [2.45, 2.75) is 25.7 Å². The topological polar surface area (TPSA) is 29.1 Å². The van der Waals surface area contributed by atoms with E-state index >= 15 is 0 Å². The van der Waals surface area contributed by atoms with Crippen LogP contribution in [0, 0.1) is 12.8 Å². The van der Waals surface area contributed by atoms with E-state index in [1.54, 1.807) is 11.3 Å². The summed E-state index contributed by atoms with van der Waals surface area (Å²) in [6.07, 6.45) is 2.69. The maximum atomic E-state index is 11.7. The Hall–Kier alpha value is -0.830. The van der Waals surface area contributed by atoms with Gasteiger partial charge in [0.15, 0.2) is 0 Å². The summed E-state index contributed by atoms with van der Waals surface area (Å²) in [7, 11) is 0. The number of carbonyl (C=O) groups excluding carboxylic acids is 1. The number of nitrogens with one attached hydrogen (secondary N) is 1. The van der Waals surface area contributed by atoms with Gasteiger partial charge in [0.05, 0.1) is 5.56 Å². The van der Waals surface area contributed by atoms with Crippen LogP contribution in [-0.2, 0) is 0 Å². The highest BCUT2D eigenvalue weighted by atomic mass is 32.1. The molecule has 0 aromatic carbocycles. The Morgan fingerprint density at radius 1 is 1.50 bits per heavy atom. The molecule has 2 heterocycles. The summed E-state index contributed by atoms with van der Waals surface area (Å²) < 4.78 is 0. The molecular formula is C11H13NOS. The SMILES string of the molecule is Cc1csc2c1C(=O)NCC2C1CC1. The Morgan fingerprint density at radius 2 is 2.29 bits per heavy atom. The van der Waals surface area contributed by atoms with Crippen molar-refractivity contribution >= 4 is 17.2 Å². The number of rotatable bonds is 1. The van der Waals surface area contributed by atoms with E-state index in [0.717, 1.165) is 23.6 Å². The van der Waals surface area contributed by atoms with E-state index in [-0.39, 0.29) is 5.91 Å². The Bertz CT molecular complexity index is 392. The lowest BCUT2D eigenvalue weighted by Gasteiger charge is -2.22. The Labute approximate surface area is 87.3 Å². The normalized spacial score (nSPS) is 25.8. The van der Waals surface area contributed by atoms with Gasteiger partial charge in [0, 0.05) is 17.3 Å². The third kappa shape index (κ3) is 1.12. The van der Waals surface area contributed by atoms with Crippen molar-refractivity contribution in [1.82, 2.24) is 5.32 Å². The zero-order valence-electron chi connectivity index (χ0n) is 8.17. The zero-order chi connectivity index (χ0) is 9.71. The minimum absolute atomic E-state index is 0.135. The molecule has 1 N–H and O–H groups in total. The number of thiophene rings is 1. The lowest BCUT2D eigenvalue weighted by molar-refractivity contribution is 0.0939. The van der Waals surface area contributed by atoms with Crippen molar-refractivity contribution in [1.29, 1.82) is 0 Å². The van der Waals surface area contributed by atoms with Crippen LogP contribution in [0.4, 0.5) is 0 Å². The summed E-state index contributed by atoms with van der Waals surface area (Å²) in [6, 6.07) is 0. The van der Waals surface area contributed by atoms with Gasteiger partial charge in [-0.3, -0.25) is 4.79 Å². The number of fused-ring (bicyclic) bond motifs is 1. The fraction of sp³-hybridized carbons (Fsp3) is 0.545. The van der Waals surface area contributed by atoms with E-state index in [9.17, 15) is 4.79 Å². The van der Waals surface area contributed by atoms with E-state index in [2.05, 4.69) is 10.7 Å². The molecule has 0 spiro atoms. The second kappa shape index (κ2) is 2.83. The smallest absolute Gasteiger partial charge is 0.252 e. The molecule has 1 unspecified atom stereocenters. The summed E-state index contributed by atoms with van der Waals surface area (Å²) >= 11 is 1.77. The van der Waals surface area contributed by atoms with E-state index in [4.69, 9.17) is 0 Å². The van der Waals surface area contributed by atoms with Crippen LogP contribution in [0.2, 0.25) is 0 Å². The molecule has 1 aliphatic heterocycles. The van der Waals surface area contributed by atoms with Gasteiger partial charge in [-0.1, -0.05) is 0 Å². The van der Waals surface area contributed by atoms with Gasteiger partial charge in [0.2, 0.25) is 0 Å². The quantitative estimate of drug-likeness (QED) is 0.752. The Balaban J connectivity index is 2.07. The molecule has 1 aromatic heterocycles. The summed E-state index contributed by atoms with van der Waals surface area (Å²) in [5.41, 5.74) is 2.12. The minimum Gasteiger partial charge on any atom is -0.351 e. The first-order chi connectivity index (χ1) is 6.77. The molecule has 3 rings (SSSR count). The molecule has 0 saturated heterocycles. The maximum absolute atomic E-state index is 11.7. The van der Waals surface area contributed by atoms with Crippen LogP contribution in [0.3, 0.4) is 0 Å². The molecule has 1 amide bonds. The average molecular weight is 207 g/mol. The Kier molecular flexibility index (Phi) is 1.71. The molecule has 1 atom stereocenters. The lowest BCUT2D eigenvalue weighted by atomic mass is 9.93. The maximum Gasteiger partial charge on any atom is 0.252 e. The number of carbonyl (C=O) groups is 1. The molecular weight excluding hydrogens is 194 g/mol. The van der Waals surface area contributed by atoms with Gasteiger partial charge in [-0.05, 0) is 36.6 Å². The molecule has 1 saturated carbocycles. The monoisotopic (exact) mass is 207 g/mol. The fourth-order valence-corrected chi connectivity index (χ4v) is 3.53. The van der Waals surface area contributed by atoms with Gasteiger partial charge < -0.3 is 5.32 Å². The zero-order valence-corrected chi connectivity index (χ0v) is 8.99. The van der Waals surface area contributed by atoms with Crippen LogP contribution in [0.15, 0.2) is 5.38 Å². The predicted molar refractivity (Wildman–Crippen MR) is 56.9 cm³/mol. The second-order valence-electron chi connectivity index (χ2n) is 4.31. The molecule has 0 bridgehead atoms. The fourth-order valence-electron chi connectivity index (χ4n) is 2.29. The van der Waals surface area contributed by atoms with E-state index < -0.39 is 0 Å². The van der Waals surface area contributed by atoms with Crippen LogP contribution in [0.1, 0.15) is 39.6 Å². The van der Waals surface area contributed by atoms with Crippen LogP contribution < -0.4 is 5.32 Å². The van der Waals surface area contributed by atoms with Gasteiger partial charge in [0.25, 0.3) is 5.91 Å². The van der Waals surface area contributed by atoms with Crippen molar-refractivity contribution in [3.8, 4) is 0 Å². The summed E-state index contributed by atoms with van der Waals surface area (Å²) in [5, 5.41) is 5.12.